The molecule has 1 aliphatic rings. The highest BCUT2D eigenvalue weighted by atomic mass is 35.5. The van der Waals surface area contributed by atoms with Crippen molar-refractivity contribution in [2.75, 3.05) is 12.4 Å². The summed E-state index contributed by atoms with van der Waals surface area (Å²) in [5.41, 5.74) is 0.265. The van der Waals surface area contributed by atoms with Gasteiger partial charge in [0.25, 0.3) is 0 Å². The van der Waals surface area contributed by atoms with Crippen molar-refractivity contribution in [3.63, 3.8) is 0 Å². The molecule has 1 fully saturated rings. The van der Waals surface area contributed by atoms with Crippen LogP contribution in [0.2, 0.25) is 0 Å². The van der Waals surface area contributed by atoms with Crippen LogP contribution < -0.4 is 0 Å². The number of thioether (sulfide) groups is 1. The first-order valence-corrected chi connectivity index (χ1v) is 5.20. The average molecular weight is 181 g/mol. The predicted octanol–water partition coefficient (Wildman–Crippen LogP) is 2.48. The van der Waals surface area contributed by atoms with Crippen molar-refractivity contribution in [1.82, 2.24) is 0 Å². The smallest absolute Gasteiger partial charge is 0.119 e. The van der Waals surface area contributed by atoms with Gasteiger partial charge in [-0.1, -0.05) is 6.92 Å². The number of hydrogen-bond donors (Lipinski definition) is 0. The summed E-state index contributed by atoms with van der Waals surface area (Å²) in [6.45, 7) is 2.96. The Labute approximate surface area is 71.5 Å². The molecule has 0 saturated carbocycles. The molecule has 0 aromatic heterocycles. The van der Waals surface area contributed by atoms with Crippen molar-refractivity contribution >= 4 is 23.4 Å². The second kappa shape index (κ2) is 4.47. The monoisotopic (exact) mass is 180 g/mol. The molecule has 0 aromatic carbocycles. The molecule has 0 spiro atoms. The van der Waals surface area contributed by atoms with Crippen LogP contribution in [0.5, 0.6) is 0 Å². The lowest BCUT2D eigenvalue weighted by atomic mass is 10.3. The Morgan fingerprint density at radius 1 is 1.70 bits per heavy atom. The first-order chi connectivity index (χ1) is 4.84. The molecule has 1 saturated heterocycles. The summed E-state index contributed by atoms with van der Waals surface area (Å²) in [6, 6.07) is 0. The first kappa shape index (κ1) is 8.69. The Kier molecular flexibility index (Phi) is 3.89. The number of hydrogen-bond acceptors (Lipinski definition) is 2. The third kappa shape index (κ3) is 2.33. The Bertz CT molecular complexity index is 99.6. The third-order valence-electron chi connectivity index (χ3n) is 1.46. The molecule has 60 valence electrons. The average Bonchev–Trinajstić information content (AvgIpc) is 2.31. The Hall–Kier alpha value is 0.600. The Morgan fingerprint density at radius 2 is 2.50 bits per heavy atom. The van der Waals surface area contributed by atoms with Gasteiger partial charge in [0.2, 0.25) is 0 Å². The number of rotatable bonds is 3. The molecule has 0 aromatic rings. The third-order valence-corrected chi connectivity index (χ3v) is 3.32. The van der Waals surface area contributed by atoms with Crippen molar-refractivity contribution in [2.45, 2.75) is 30.6 Å². The van der Waals surface area contributed by atoms with Gasteiger partial charge in [-0.15, -0.1) is 23.4 Å². The molecule has 1 nitrogen and oxygen atoms in total. The molecule has 3 heteroatoms. The minimum Gasteiger partial charge on any atom is -0.366 e. The topological polar surface area (TPSA) is 9.23 Å². The van der Waals surface area contributed by atoms with Crippen LogP contribution in [0.15, 0.2) is 0 Å². The summed E-state index contributed by atoms with van der Waals surface area (Å²) in [5, 5.41) is 0.247. The molecular formula is C7H13ClOS. The van der Waals surface area contributed by atoms with Gasteiger partial charge in [0.15, 0.2) is 0 Å². The summed E-state index contributed by atoms with van der Waals surface area (Å²) >= 11 is 7.80. The summed E-state index contributed by atoms with van der Waals surface area (Å²) in [4.78, 5) is 0. The second-order valence-electron chi connectivity index (χ2n) is 2.41. The molecule has 2 unspecified atom stereocenters. The van der Waals surface area contributed by atoms with E-state index in [-0.39, 0.29) is 10.8 Å². The van der Waals surface area contributed by atoms with E-state index >= 15 is 0 Å². The maximum absolute atomic E-state index is 5.97. The molecule has 0 amide bonds. The minimum atomic E-state index is 0.247. The molecule has 0 bridgehead atoms. The Morgan fingerprint density at radius 3 is 3.00 bits per heavy atom. The van der Waals surface area contributed by atoms with Crippen LogP contribution in [-0.4, -0.2) is 23.2 Å². The predicted molar refractivity (Wildman–Crippen MR) is 46.7 cm³/mol. The molecule has 1 heterocycles. The van der Waals surface area contributed by atoms with E-state index in [2.05, 4.69) is 6.92 Å². The van der Waals surface area contributed by atoms with Crippen molar-refractivity contribution in [3.05, 3.63) is 0 Å². The van der Waals surface area contributed by atoms with E-state index in [0.717, 1.165) is 25.2 Å². The van der Waals surface area contributed by atoms with Crippen molar-refractivity contribution in [3.8, 4) is 0 Å². The largest absolute Gasteiger partial charge is 0.366 e. The molecule has 1 rings (SSSR count). The molecule has 0 N–H and O–H groups in total. The van der Waals surface area contributed by atoms with E-state index in [9.17, 15) is 0 Å². The van der Waals surface area contributed by atoms with Crippen LogP contribution in [0, 0.1) is 0 Å². The molecule has 0 radical (unpaired) electrons. The van der Waals surface area contributed by atoms with E-state index in [4.69, 9.17) is 16.3 Å². The van der Waals surface area contributed by atoms with Gasteiger partial charge in [-0.2, -0.15) is 0 Å². The van der Waals surface area contributed by atoms with E-state index in [1.54, 1.807) is 0 Å². The number of ether oxygens (including phenoxy) is 1. The lowest BCUT2D eigenvalue weighted by Gasteiger charge is -2.12. The second-order valence-corrected chi connectivity index (χ2v) is 4.18. The molecule has 1 aliphatic heterocycles. The van der Waals surface area contributed by atoms with E-state index in [1.807, 2.05) is 11.8 Å². The summed E-state index contributed by atoms with van der Waals surface area (Å²) < 4.78 is 5.50. The summed E-state index contributed by atoms with van der Waals surface area (Å²) in [6.07, 6.45) is 2.18. The standard InChI is InChI=1S/C7H13ClOS/c1-2-4-9-7-6(8)3-5-10-7/h6-7H,2-5H2,1H3. The van der Waals surface area contributed by atoms with Gasteiger partial charge in [0.1, 0.15) is 5.44 Å². The maximum atomic E-state index is 5.97. The van der Waals surface area contributed by atoms with Gasteiger partial charge in [0, 0.05) is 6.61 Å². The normalized spacial score (nSPS) is 33.0. The van der Waals surface area contributed by atoms with E-state index < -0.39 is 0 Å². The van der Waals surface area contributed by atoms with Gasteiger partial charge in [-0.05, 0) is 18.6 Å². The number of alkyl halides is 1. The van der Waals surface area contributed by atoms with E-state index in [0.29, 0.717) is 0 Å². The fourth-order valence-corrected chi connectivity index (χ4v) is 2.61. The maximum Gasteiger partial charge on any atom is 0.119 e. The zero-order valence-corrected chi connectivity index (χ0v) is 7.75. The van der Waals surface area contributed by atoms with Gasteiger partial charge in [-0.3, -0.25) is 0 Å². The van der Waals surface area contributed by atoms with Crippen LogP contribution >= 0.6 is 23.4 Å². The lowest BCUT2D eigenvalue weighted by Crippen LogP contribution is -2.15. The molecule has 0 aliphatic carbocycles. The van der Waals surface area contributed by atoms with Crippen molar-refractivity contribution in [2.24, 2.45) is 0 Å². The van der Waals surface area contributed by atoms with Gasteiger partial charge >= 0.3 is 0 Å². The zero-order chi connectivity index (χ0) is 7.40. The van der Waals surface area contributed by atoms with Crippen LogP contribution in [0.25, 0.3) is 0 Å². The molecular weight excluding hydrogens is 168 g/mol. The highest BCUT2D eigenvalue weighted by molar-refractivity contribution is 8.00. The zero-order valence-electron chi connectivity index (χ0n) is 6.18. The van der Waals surface area contributed by atoms with Crippen LogP contribution in [0.3, 0.4) is 0 Å². The quantitative estimate of drug-likeness (QED) is 0.618. The van der Waals surface area contributed by atoms with Crippen LogP contribution in [0.1, 0.15) is 19.8 Å². The van der Waals surface area contributed by atoms with Gasteiger partial charge in [-0.25, -0.2) is 0 Å². The highest BCUT2D eigenvalue weighted by Gasteiger charge is 2.25. The summed E-state index contributed by atoms with van der Waals surface area (Å²) in [5.74, 6) is 1.16. The number of halogens is 1. The summed E-state index contributed by atoms with van der Waals surface area (Å²) in [7, 11) is 0. The van der Waals surface area contributed by atoms with Crippen LogP contribution in [0.4, 0.5) is 0 Å². The highest BCUT2D eigenvalue weighted by Crippen LogP contribution is 2.31. The van der Waals surface area contributed by atoms with E-state index in [1.165, 1.54) is 0 Å². The fourth-order valence-electron chi connectivity index (χ4n) is 0.924. The minimum absolute atomic E-state index is 0.247. The van der Waals surface area contributed by atoms with Gasteiger partial charge < -0.3 is 4.74 Å². The van der Waals surface area contributed by atoms with Crippen molar-refractivity contribution in [1.29, 1.82) is 0 Å². The van der Waals surface area contributed by atoms with Gasteiger partial charge in [0.05, 0.1) is 5.38 Å². The lowest BCUT2D eigenvalue weighted by molar-refractivity contribution is 0.114. The van der Waals surface area contributed by atoms with Crippen LogP contribution in [-0.2, 0) is 4.74 Å². The molecule has 2 atom stereocenters. The Balaban J connectivity index is 2.14. The SMILES string of the molecule is CCCOC1SCCC1Cl. The first-order valence-electron chi connectivity index (χ1n) is 3.72. The fraction of sp³-hybridized carbons (Fsp3) is 1.00. The molecule has 10 heavy (non-hydrogen) atoms. The van der Waals surface area contributed by atoms with Crippen molar-refractivity contribution < 1.29 is 4.74 Å².